The molecule has 1 amide bonds. The average Bonchev–Trinajstić information content (AvgIpc) is 3.01. The van der Waals surface area contributed by atoms with Gasteiger partial charge in [0.1, 0.15) is 4.32 Å². The van der Waals surface area contributed by atoms with E-state index in [2.05, 4.69) is 12.1 Å². The highest BCUT2D eigenvalue weighted by Crippen LogP contribution is 2.31. The summed E-state index contributed by atoms with van der Waals surface area (Å²) in [6, 6.07) is 19.5. The van der Waals surface area contributed by atoms with Gasteiger partial charge in [0.2, 0.25) is 5.91 Å². The molecule has 0 spiro atoms. The van der Waals surface area contributed by atoms with Crippen molar-refractivity contribution in [3.63, 3.8) is 0 Å². The Morgan fingerprint density at radius 2 is 1.80 bits per heavy atom. The molecule has 0 aliphatic carbocycles. The SMILES string of the molecule is C[C@H](C(=O)N1C(=S)SC[C@@H]1Cc1ccccc1)[C@H](O)c1ccccc1. The van der Waals surface area contributed by atoms with Crippen LogP contribution in [0.1, 0.15) is 24.2 Å². The first-order valence-corrected chi connectivity index (χ1v) is 9.74. The predicted octanol–water partition coefficient (Wildman–Crippen LogP) is 3.83. The number of aliphatic hydroxyl groups excluding tert-OH is 1. The molecule has 1 aliphatic heterocycles. The third-order valence-electron chi connectivity index (χ3n) is 4.52. The van der Waals surface area contributed by atoms with Crippen LogP contribution in [0.2, 0.25) is 0 Å². The lowest BCUT2D eigenvalue weighted by Crippen LogP contribution is -2.44. The maximum absolute atomic E-state index is 13.0. The van der Waals surface area contributed by atoms with Crippen molar-refractivity contribution in [2.75, 3.05) is 5.75 Å². The van der Waals surface area contributed by atoms with Crippen molar-refractivity contribution >= 4 is 34.2 Å². The number of carbonyl (C=O) groups is 1. The molecule has 1 saturated heterocycles. The number of hydrogen-bond acceptors (Lipinski definition) is 4. The summed E-state index contributed by atoms with van der Waals surface area (Å²) < 4.78 is 0.609. The second kappa shape index (κ2) is 8.13. The molecule has 1 aliphatic rings. The zero-order valence-corrected chi connectivity index (χ0v) is 15.7. The zero-order valence-electron chi connectivity index (χ0n) is 14.0. The van der Waals surface area contributed by atoms with Crippen LogP contribution in [-0.4, -0.2) is 32.0 Å². The van der Waals surface area contributed by atoms with Gasteiger partial charge in [-0.1, -0.05) is 91.6 Å². The van der Waals surface area contributed by atoms with Crippen LogP contribution in [-0.2, 0) is 11.2 Å². The van der Waals surface area contributed by atoms with Gasteiger partial charge in [0.15, 0.2) is 0 Å². The molecule has 0 bridgehead atoms. The second-order valence-corrected chi connectivity index (χ2v) is 7.93. The smallest absolute Gasteiger partial charge is 0.234 e. The molecule has 1 N–H and O–H groups in total. The van der Waals surface area contributed by atoms with E-state index in [0.717, 1.165) is 17.7 Å². The molecule has 3 nitrogen and oxygen atoms in total. The van der Waals surface area contributed by atoms with Crippen LogP contribution >= 0.6 is 24.0 Å². The Balaban J connectivity index is 1.75. The first kappa shape index (κ1) is 18.1. The molecule has 5 heteroatoms. The number of hydrogen-bond donors (Lipinski definition) is 1. The molecular weight excluding hydrogens is 350 g/mol. The summed E-state index contributed by atoms with van der Waals surface area (Å²) in [6.45, 7) is 1.77. The van der Waals surface area contributed by atoms with Gasteiger partial charge in [0.05, 0.1) is 18.1 Å². The Labute approximate surface area is 158 Å². The van der Waals surface area contributed by atoms with E-state index >= 15 is 0 Å². The highest BCUT2D eigenvalue weighted by molar-refractivity contribution is 8.23. The number of thioether (sulfide) groups is 1. The van der Waals surface area contributed by atoms with E-state index in [-0.39, 0.29) is 11.9 Å². The number of nitrogens with zero attached hydrogens (tertiary/aromatic N) is 1. The van der Waals surface area contributed by atoms with E-state index in [1.807, 2.05) is 48.5 Å². The third kappa shape index (κ3) is 4.11. The van der Waals surface area contributed by atoms with Crippen LogP contribution in [0.5, 0.6) is 0 Å². The topological polar surface area (TPSA) is 40.5 Å². The molecule has 0 radical (unpaired) electrons. The van der Waals surface area contributed by atoms with E-state index in [1.54, 1.807) is 23.6 Å². The van der Waals surface area contributed by atoms with Gasteiger partial charge in [-0.05, 0) is 17.5 Å². The molecule has 3 rings (SSSR count). The highest BCUT2D eigenvalue weighted by Gasteiger charge is 2.38. The van der Waals surface area contributed by atoms with E-state index in [0.29, 0.717) is 4.32 Å². The molecule has 0 unspecified atom stereocenters. The van der Waals surface area contributed by atoms with E-state index in [4.69, 9.17) is 12.2 Å². The lowest BCUT2D eigenvalue weighted by atomic mass is 9.95. The number of carbonyl (C=O) groups excluding carboxylic acids is 1. The van der Waals surface area contributed by atoms with Crippen molar-refractivity contribution in [2.24, 2.45) is 5.92 Å². The van der Waals surface area contributed by atoms with E-state index < -0.39 is 12.0 Å². The lowest BCUT2D eigenvalue weighted by molar-refractivity contribution is -0.135. The minimum absolute atomic E-state index is 0.0397. The van der Waals surface area contributed by atoms with Crippen molar-refractivity contribution in [3.05, 3.63) is 71.8 Å². The predicted molar refractivity (Wildman–Crippen MR) is 106 cm³/mol. The first-order valence-electron chi connectivity index (χ1n) is 8.34. The summed E-state index contributed by atoms with van der Waals surface area (Å²) >= 11 is 6.96. The number of amides is 1. The van der Waals surface area contributed by atoms with Gasteiger partial charge in [0, 0.05) is 5.75 Å². The van der Waals surface area contributed by atoms with Crippen LogP contribution in [0.4, 0.5) is 0 Å². The number of rotatable bonds is 5. The van der Waals surface area contributed by atoms with Crippen molar-refractivity contribution in [1.29, 1.82) is 0 Å². The maximum Gasteiger partial charge on any atom is 0.234 e. The molecule has 1 fully saturated rings. The molecule has 3 atom stereocenters. The monoisotopic (exact) mass is 371 g/mol. The van der Waals surface area contributed by atoms with Crippen LogP contribution in [0.15, 0.2) is 60.7 Å². The molecular formula is C20H21NO2S2. The highest BCUT2D eigenvalue weighted by atomic mass is 32.2. The molecule has 2 aromatic rings. The fourth-order valence-electron chi connectivity index (χ4n) is 3.06. The lowest BCUT2D eigenvalue weighted by Gasteiger charge is -2.28. The van der Waals surface area contributed by atoms with Gasteiger partial charge in [0.25, 0.3) is 0 Å². The Kier molecular flexibility index (Phi) is 5.89. The molecule has 0 aromatic heterocycles. The van der Waals surface area contributed by atoms with Gasteiger partial charge < -0.3 is 5.11 Å². The minimum atomic E-state index is -0.834. The van der Waals surface area contributed by atoms with Crippen LogP contribution < -0.4 is 0 Å². The molecule has 2 aromatic carbocycles. The summed E-state index contributed by atoms with van der Waals surface area (Å²) in [5.41, 5.74) is 1.94. The standard InChI is InChI=1S/C20H21NO2S2/c1-14(18(22)16-10-6-3-7-11-16)19(23)21-17(13-25-20(21)24)12-15-8-4-2-5-9-15/h2-11,14,17-18,22H,12-13H2,1H3/t14-,17-,18-/m0/s1. The summed E-state index contributed by atoms with van der Waals surface area (Å²) in [4.78, 5) is 14.7. The summed E-state index contributed by atoms with van der Waals surface area (Å²) in [5.74, 6) is 0.151. The number of benzene rings is 2. The van der Waals surface area contributed by atoms with Gasteiger partial charge >= 0.3 is 0 Å². The number of thiocarbonyl (C=S) groups is 1. The van der Waals surface area contributed by atoms with Crippen LogP contribution in [0.25, 0.3) is 0 Å². The first-order chi connectivity index (χ1) is 12.1. The summed E-state index contributed by atoms with van der Waals surface area (Å²) in [7, 11) is 0. The molecule has 130 valence electrons. The van der Waals surface area contributed by atoms with E-state index in [9.17, 15) is 9.90 Å². The second-order valence-electron chi connectivity index (χ2n) is 6.27. The molecule has 0 saturated carbocycles. The Morgan fingerprint density at radius 3 is 2.44 bits per heavy atom. The normalized spacial score (nSPS) is 19.7. The van der Waals surface area contributed by atoms with Gasteiger partial charge in [-0.15, -0.1) is 0 Å². The van der Waals surface area contributed by atoms with Crippen molar-refractivity contribution in [2.45, 2.75) is 25.5 Å². The minimum Gasteiger partial charge on any atom is -0.388 e. The largest absolute Gasteiger partial charge is 0.388 e. The summed E-state index contributed by atoms with van der Waals surface area (Å²) in [5, 5.41) is 10.6. The van der Waals surface area contributed by atoms with Gasteiger partial charge in [-0.2, -0.15) is 0 Å². The Bertz CT molecular complexity index is 736. The Hall–Kier alpha value is -1.69. The van der Waals surface area contributed by atoms with Crippen LogP contribution in [0.3, 0.4) is 0 Å². The fourth-order valence-corrected chi connectivity index (χ4v) is 4.48. The van der Waals surface area contributed by atoms with Crippen molar-refractivity contribution in [1.82, 2.24) is 4.90 Å². The van der Waals surface area contributed by atoms with Crippen molar-refractivity contribution < 1.29 is 9.90 Å². The summed E-state index contributed by atoms with van der Waals surface area (Å²) in [6.07, 6.45) is -0.0621. The van der Waals surface area contributed by atoms with E-state index in [1.165, 1.54) is 5.56 Å². The quantitative estimate of drug-likeness (QED) is 0.811. The number of aliphatic hydroxyl groups is 1. The zero-order chi connectivity index (χ0) is 17.8. The third-order valence-corrected chi connectivity index (χ3v) is 6.06. The van der Waals surface area contributed by atoms with Crippen LogP contribution in [0, 0.1) is 5.92 Å². The maximum atomic E-state index is 13.0. The van der Waals surface area contributed by atoms with Gasteiger partial charge in [-0.25, -0.2) is 0 Å². The fraction of sp³-hybridized carbons (Fsp3) is 0.300. The molecule has 1 heterocycles. The molecule has 25 heavy (non-hydrogen) atoms. The average molecular weight is 372 g/mol. The van der Waals surface area contributed by atoms with Crippen molar-refractivity contribution in [3.8, 4) is 0 Å². The van der Waals surface area contributed by atoms with Gasteiger partial charge in [-0.3, -0.25) is 9.69 Å². The Morgan fingerprint density at radius 1 is 1.20 bits per heavy atom.